The molecular weight excluding hydrogens is 620 g/mol. The minimum atomic E-state index is -4.55. The van der Waals surface area contributed by atoms with Gasteiger partial charge in [0.1, 0.15) is 0 Å². The number of rotatable bonds is 6. The zero-order chi connectivity index (χ0) is 23.0. The van der Waals surface area contributed by atoms with Crippen molar-refractivity contribution in [3.05, 3.63) is 72.8 Å². The fourth-order valence-electron chi connectivity index (χ4n) is 2.80. The van der Waals surface area contributed by atoms with E-state index in [1.165, 1.54) is 54.6 Å². The topological polar surface area (TPSA) is 289 Å². The molecule has 0 aromatic heterocycles. The predicted molar refractivity (Wildman–Crippen MR) is 150 cm³/mol. The van der Waals surface area contributed by atoms with E-state index in [9.17, 15) is 38.9 Å². The van der Waals surface area contributed by atoms with Crippen LogP contribution in [-0.4, -0.2) is 149 Å². The molecule has 0 bridgehead atoms. The first kappa shape index (κ1) is 48.4. The van der Waals surface area contributed by atoms with Crippen molar-refractivity contribution in [1.82, 2.24) is 0 Å². The summed E-state index contributed by atoms with van der Waals surface area (Å²) in [6.45, 7) is 0. The minimum absolute atomic E-state index is 0. The summed E-state index contributed by atoms with van der Waals surface area (Å²) in [5.41, 5.74) is 0. The maximum atomic E-state index is 11.6. The van der Waals surface area contributed by atoms with E-state index in [1.807, 2.05) is 0 Å². The van der Waals surface area contributed by atoms with Crippen LogP contribution in [0.15, 0.2) is 87.5 Å². The van der Waals surface area contributed by atoms with Crippen molar-refractivity contribution in [2.75, 3.05) is 0 Å². The third kappa shape index (κ3) is 12.7. The standard InChI is InChI=1S/C18H15O9PS3.3Na.4H2O.3H/c19-29(20,21)16-7-1-4-13(10-16)28(14-5-2-8-17(11-14)30(22,23)24)15-6-3-9-18(12-15)31(25,26)27;;;;;;;;;;/h1-12H,(H,19,20,21)(H,22,23,24)(H,25,26,27);;;;4*1H2;;;. The van der Waals surface area contributed by atoms with Crippen LogP contribution >= 0.6 is 7.92 Å². The van der Waals surface area contributed by atoms with Crippen LogP contribution in [0.1, 0.15) is 0 Å². The third-order valence-corrected chi connectivity index (χ3v) is 9.05. The fraction of sp³-hybridized carbons (Fsp3) is 0. The summed E-state index contributed by atoms with van der Waals surface area (Å²) >= 11 is 0. The van der Waals surface area contributed by atoms with Gasteiger partial charge in [-0.05, 0) is 60.2 Å². The van der Waals surface area contributed by atoms with Gasteiger partial charge in [-0.1, -0.05) is 36.4 Å². The molecule has 0 aliphatic heterocycles. The Morgan fingerprint density at radius 2 is 0.658 bits per heavy atom. The first-order valence-corrected chi connectivity index (χ1v) is 14.0. The van der Waals surface area contributed by atoms with Gasteiger partial charge in [0.15, 0.2) is 0 Å². The molecule has 0 fully saturated rings. The number of benzene rings is 3. The molecule has 3 aromatic carbocycles. The van der Waals surface area contributed by atoms with E-state index < -0.39 is 53.0 Å². The average molecular weight is 647 g/mol. The van der Waals surface area contributed by atoms with Crippen LogP contribution in [-0.2, 0) is 30.4 Å². The van der Waals surface area contributed by atoms with E-state index in [4.69, 9.17) is 0 Å². The molecule has 0 spiro atoms. The summed E-state index contributed by atoms with van der Waals surface area (Å²) in [7, 11) is -15.4. The van der Waals surface area contributed by atoms with Gasteiger partial charge in [0.25, 0.3) is 30.4 Å². The van der Waals surface area contributed by atoms with Gasteiger partial charge in [0.05, 0.1) is 14.7 Å². The third-order valence-electron chi connectivity index (χ3n) is 4.12. The molecule has 0 atom stereocenters. The summed E-state index contributed by atoms with van der Waals surface area (Å²) < 4.78 is 97.7. The molecule has 3 rings (SSSR count). The van der Waals surface area contributed by atoms with Crippen molar-refractivity contribution < 1.29 is 60.8 Å². The summed E-state index contributed by atoms with van der Waals surface area (Å²) in [4.78, 5) is -1.22. The van der Waals surface area contributed by atoms with E-state index in [0.29, 0.717) is 15.9 Å². The van der Waals surface area contributed by atoms with Crippen molar-refractivity contribution in [2.24, 2.45) is 0 Å². The molecule has 0 radical (unpaired) electrons. The van der Waals surface area contributed by atoms with Gasteiger partial charge in [-0.2, -0.15) is 25.3 Å². The van der Waals surface area contributed by atoms with Gasteiger partial charge in [0, 0.05) is 0 Å². The van der Waals surface area contributed by atoms with E-state index in [1.54, 1.807) is 0 Å². The van der Waals surface area contributed by atoms with Crippen molar-refractivity contribution in [2.45, 2.75) is 14.7 Å². The second-order valence-electron chi connectivity index (χ2n) is 6.25. The van der Waals surface area contributed by atoms with Gasteiger partial charge < -0.3 is 21.9 Å². The zero-order valence-electron chi connectivity index (χ0n) is 17.4. The van der Waals surface area contributed by atoms with Gasteiger partial charge in [0.2, 0.25) is 0 Å². The second-order valence-corrected chi connectivity index (χ2v) is 12.7. The Morgan fingerprint density at radius 1 is 0.447 bits per heavy atom. The van der Waals surface area contributed by atoms with Gasteiger partial charge >= 0.3 is 88.7 Å². The van der Waals surface area contributed by atoms with Crippen LogP contribution < -0.4 is 15.9 Å². The van der Waals surface area contributed by atoms with Crippen LogP contribution in [0.3, 0.4) is 0 Å². The van der Waals surface area contributed by atoms with Crippen molar-refractivity contribution >= 4 is 143 Å². The van der Waals surface area contributed by atoms with Gasteiger partial charge in [-0.15, -0.1) is 0 Å². The Bertz CT molecular complexity index is 1310. The summed E-state index contributed by atoms with van der Waals surface area (Å²) in [5, 5.41) is 1.01. The van der Waals surface area contributed by atoms with Crippen LogP contribution in [0, 0.1) is 0 Å². The first-order chi connectivity index (χ1) is 14.3. The average Bonchev–Trinajstić information content (AvgIpc) is 2.67. The molecular formula is C18H26Na3O13PS3. The first-order valence-electron chi connectivity index (χ1n) is 8.30. The molecule has 0 saturated carbocycles. The summed E-state index contributed by atoms with van der Waals surface area (Å²) in [6.07, 6.45) is 0. The van der Waals surface area contributed by atoms with Crippen LogP contribution in [0.2, 0.25) is 0 Å². The molecule has 0 aliphatic rings. The van der Waals surface area contributed by atoms with E-state index in [-0.39, 0.29) is 111 Å². The van der Waals surface area contributed by atoms with Crippen molar-refractivity contribution in [1.29, 1.82) is 0 Å². The normalized spacial score (nSPS) is 10.4. The molecule has 0 aliphatic carbocycles. The van der Waals surface area contributed by atoms with Crippen LogP contribution in [0.25, 0.3) is 0 Å². The predicted octanol–water partition coefficient (Wildman–Crippen LogP) is -4.06. The van der Waals surface area contributed by atoms with Crippen LogP contribution in [0.4, 0.5) is 0 Å². The van der Waals surface area contributed by atoms with E-state index in [0.717, 1.165) is 18.2 Å². The summed E-state index contributed by atoms with van der Waals surface area (Å²) in [5.74, 6) is 0. The second kappa shape index (κ2) is 19.0. The SMILES string of the molecule is O.O.O.O.O=S(=O)(O)c1cccc(P(c2cccc(S(=O)(=O)O)c2)c2cccc(S(=O)(=O)O)c2)c1.[NaH].[NaH].[NaH]. The molecule has 3 aromatic rings. The molecule has 0 unspecified atom stereocenters. The number of hydrogen-bond acceptors (Lipinski definition) is 6. The monoisotopic (exact) mass is 646 g/mol. The molecule has 38 heavy (non-hydrogen) atoms. The molecule has 202 valence electrons. The van der Waals surface area contributed by atoms with Crippen molar-refractivity contribution in [3.63, 3.8) is 0 Å². The Morgan fingerprint density at radius 3 is 0.842 bits per heavy atom. The Labute approximate surface area is 287 Å². The van der Waals surface area contributed by atoms with E-state index in [2.05, 4.69) is 0 Å². The Hall–Kier alpha value is 0.660. The van der Waals surface area contributed by atoms with Gasteiger partial charge in [-0.25, -0.2) is 0 Å². The Balaban J connectivity index is -0.000000519. The van der Waals surface area contributed by atoms with Crippen molar-refractivity contribution in [3.8, 4) is 0 Å². The molecule has 13 nitrogen and oxygen atoms in total. The molecule has 11 N–H and O–H groups in total. The fourth-order valence-corrected chi connectivity index (χ4v) is 7.04. The van der Waals surface area contributed by atoms with Gasteiger partial charge in [-0.3, -0.25) is 13.7 Å². The maximum absolute atomic E-state index is 11.6. The molecule has 0 amide bonds. The summed E-state index contributed by atoms with van der Waals surface area (Å²) in [6, 6.07) is 15.7. The van der Waals surface area contributed by atoms with Crippen LogP contribution in [0.5, 0.6) is 0 Å². The Kier molecular flexibility index (Phi) is 24.2. The van der Waals surface area contributed by atoms with E-state index >= 15 is 0 Å². The number of hydrogen-bond donors (Lipinski definition) is 3. The quantitative estimate of drug-likeness (QED) is 0.133. The molecule has 0 saturated heterocycles. The zero-order valence-corrected chi connectivity index (χ0v) is 20.7. The molecule has 0 heterocycles. The molecule has 20 heteroatoms.